The van der Waals surface area contributed by atoms with E-state index in [0.29, 0.717) is 17.0 Å². The maximum Gasteiger partial charge on any atom is 0.280 e. The molecule has 1 aromatic rings. The van der Waals surface area contributed by atoms with Crippen LogP contribution in [0.4, 0.5) is 5.82 Å². The Bertz CT molecular complexity index is 310. The third-order valence-electron chi connectivity index (χ3n) is 1.95. The first-order valence-electron chi connectivity index (χ1n) is 3.76. The molecule has 4 heteroatoms. The lowest BCUT2D eigenvalue weighted by Gasteiger charge is -2.13. The van der Waals surface area contributed by atoms with Crippen LogP contribution in [0.5, 0.6) is 0 Å². The van der Waals surface area contributed by atoms with Gasteiger partial charge in [-0.25, -0.2) is 4.73 Å². The number of hydrogen-bond acceptors (Lipinski definition) is 3. The molecule has 0 saturated carbocycles. The van der Waals surface area contributed by atoms with Gasteiger partial charge in [-0.1, -0.05) is 0 Å². The van der Waals surface area contributed by atoms with Crippen LogP contribution in [0.3, 0.4) is 0 Å². The zero-order valence-electron chi connectivity index (χ0n) is 7.29. The molecule has 0 saturated heterocycles. The van der Waals surface area contributed by atoms with Crippen molar-refractivity contribution in [1.29, 1.82) is 0 Å². The predicted octanol–water partition coefficient (Wildman–Crippen LogP) is -0.0223. The van der Waals surface area contributed by atoms with Crippen molar-refractivity contribution in [2.45, 2.75) is 20.4 Å². The molecule has 1 heterocycles. The Kier molecular flexibility index (Phi) is 2.19. The predicted molar refractivity (Wildman–Crippen MR) is 47.2 cm³/mol. The molecule has 0 bridgehead atoms. The number of pyridine rings is 1. The van der Waals surface area contributed by atoms with E-state index in [-0.39, 0.29) is 5.82 Å². The van der Waals surface area contributed by atoms with Crippen molar-refractivity contribution < 1.29 is 4.73 Å². The zero-order valence-corrected chi connectivity index (χ0v) is 7.29. The van der Waals surface area contributed by atoms with Crippen molar-refractivity contribution in [2.75, 3.05) is 5.73 Å². The topological polar surface area (TPSA) is 79.0 Å². The monoisotopic (exact) mass is 167 g/mol. The SMILES string of the molecule is Cc1cc(C)[n+]([O-])c(N)c1CN. The van der Waals surface area contributed by atoms with E-state index in [9.17, 15) is 5.21 Å². The van der Waals surface area contributed by atoms with Crippen LogP contribution in [0, 0.1) is 19.1 Å². The van der Waals surface area contributed by atoms with Gasteiger partial charge in [0.1, 0.15) is 5.69 Å². The molecule has 0 aromatic carbocycles. The fourth-order valence-corrected chi connectivity index (χ4v) is 1.24. The first kappa shape index (κ1) is 8.80. The second-order valence-electron chi connectivity index (χ2n) is 2.83. The van der Waals surface area contributed by atoms with Crippen molar-refractivity contribution >= 4 is 5.82 Å². The van der Waals surface area contributed by atoms with E-state index in [1.54, 1.807) is 13.0 Å². The highest BCUT2D eigenvalue weighted by Gasteiger charge is 2.10. The standard InChI is InChI=1S/C8H13N3O/c1-5-3-6(2)11(12)8(10)7(5)4-9/h3H,4,9-10H2,1-2H3. The molecule has 0 spiro atoms. The maximum atomic E-state index is 11.2. The van der Waals surface area contributed by atoms with Crippen LogP contribution in [0.2, 0.25) is 0 Å². The highest BCUT2D eigenvalue weighted by molar-refractivity contribution is 5.40. The molecule has 0 aliphatic heterocycles. The van der Waals surface area contributed by atoms with Gasteiger partial charge >= 0.3 is 0 Å². The van der Waals surface area contributed by atoms with Gasteiger partial charge in [-0.2, -0.15) is 0 Å². The largest absolute Gasteiger partial charge is 0.710 e. The van der Waals surface area contributed by atoms with E-state index in [0.717, 1.165) is 11.1 Å². The number of nitrogens with zero attached hydrogens (tertiary/aromatic N) is 1. The lowest BCUT2D eigenvalue weighted by atomic mass is 10.1. The van der Waals surface area contributed by atoms with Crippen molar-refractivity contribution in [3.8, 4) is 0 Å². The van der Waals surface area contributed by atoms with Gasteiger partial charge in [0.15, 0.2) is 0 Å². The van der Waals surface area contributed by atoms with Crippen molar-refractivity contribution in [3.05, 3.63) is 28.1 Å². The van der Waals surface area contributed by atoms with Gasteiger partial charge in [-0.15, -0.1) is 0 Å². The molecular formula is C8H13N3O. The summed E-state index contributed by atoms with van der Waals surface area (Å²) in [6.45, 7) is 3.92. The summed E-state index contributed by atoms with van der Waals surface area (Å²) in [6.07, 6.45) is 0. The summed E-state index contributed by atoms with van der Waals surface area (Å²) in [6, 6.07) is 1.78. The van der Waals surface area contributed by atoms with Crippen LogP contribution in [-0.2, 0) is 6.54 Å². The van der Waals surface area contributed by atoms with Gasteiger partial charge in [-0.05, 0) is 25.5 Å². The van der Waals surface area contributed by atoms with E-state index in [4.69, 9.17) is 11.5 Å². The van der Waals surface area contributed by atoms with E-state index in [2.05, 4.69) is 0 Å². The Morgan fingerprint density at radius 3 is 2.58 bits per heavy atom. The van der Waals surface area contributed by atoms with Gasteiger partial charge in [-0.3, -0.25) is 5.73 Å². The normalized spacial score (nSPS) is 10.2. The van der Waals surface area contributed by atoms with Crippen LogP contribution in [0.15, 0.2) is 6.07 Å². The number of nitrogens with two attached hydrogens (primary N) is 2. The Morgan fingerprint density at radius 2 is 2.08 bits per heavy atom. The second-order valence-corrected chi connectivity index (χ2v) is 2.83. The molecule has 0 aliphatic rings. The van der Waals surface area contributed by atoms with Crippen LogP contribution < -0.4 is 16.2 Å². The molecule has 1 aromatic heterocycles. The van der Waals surface area contributed by atoms with Crippen LogP contribution in [0.25, 0.3) is 0 Å². The van der Waals surface area contributed by atoms with Gasteiger partial charge < -0.3 is 10.9 Å². The number of aryl methyl sites for hydroxylation is 2. The first-order valence-corrected chi connectivity index (χ1v) is 3.76. The second kappa shape index (κ2) is 2.98. The molecule has 66 valence electrons. The molecular weight excluding hydrogens is 154 g/mol. The quantitative estimate of drug-likeness (QED) is 0.455. The molecule has 0 fully saturated rings. The van der Waals surface area contributed by atoms with Gasteiger partial charge in [0.25, 0.3) is 5.82 Å². The summed E-state index contributed by atoms with van der Waals surface area (Å²) in [5, 5.41) is 11.2. The highest BCUT2D eigenvalue weighted by atomic mass is 16.5. The summed E-state index contributed by atoms with van der Waals surface area (Å²) in [7, 11) is 0. The Morgan fingerprint density at radius 1 is 1.50 bits per heavy atom. The van der Waals surface area contributed by atoms with Gasteiger partial charge in [0.05, 0.1) is 5.56 Å². The van der Waals surface area contributed by atoms with Crippen molar-refractivity contribution in [2.24, 2.45) is 5.73 Å². The lowest BCUT2D eigenvalue weighted by molar-refractivity contribution is -0.597. The van der Waals surface area contributed by atoms with Gasteiger partial charge in [0, 0.05) is 6.54 Å². The smallest absolute Gasteiger partial charge is 0.280 e. The Labute approximate surface area is 71.4 Å². The summed E-state index contributed by atoms with van der Waals surface area (Å²) in [5.74, 6) is 0.218. The molecule has 1 rings (SSSR count). The van der Waals surface area contributed by atoms with E-state index in [1.165, 1.54) is 0 Å². The Hall–Kier alpha value is -1.29. The summed E-state index contributed by atoms with van der Waals surface area (Å²) in [4.78, 5) is 0. The average molecular weight is 167 g/mol. The third kappa shape index (κ3) is 1.21. The van der Waals surface area contributed by atoms with Crippen molar-refractivity contribution in [1.82, 2.24) is 0 Å². The number of aromatic nitrogens is 1. The number of hydrogen-bond donors (Lipinski definition) is 2. The van der Waals surface area contributed by atoms with Gasteiger partial charge in [0.2, 0.25) is 0 Å². The zero-order chi connectivity index (χ0) is 9.30. The molecule has 4 N–H and O–H groups in total. The molecule has 0 unspecified atom stereocenters. The minimum atomic E-state index is 0.218. The Balaban J connectivity index is 3.40. The molecule has 12 heavy (non-hydrogen) atoms. The molecule has 0 amide bonds. The third-order valence-corrected chi connectivity index (χ3v) is 1.95. The minimum absolute atomic E-state index is 0.218. The van der Waals surface area contributed by atoms with Crippen molar-refractivity contribution in [3.63, 3.8) is 0 Å². The van der Waals surface area contributed by atoms with Crippen LogP contribution in [0.1, 0.15) is 16.8 Å². The number of rotatable bonds is 1. The van der Waals surface area contributed by atoms with Crippen LogP contribution in [-0.4, -0.2) is 0 Å². The van der Waals surface area contributed by atoms with E-state index < -0.39 is 0 Å². The average Bonchev–Trinajstić information content (AvgIpc) is 2.01. The minimum Gasteiger partial charge on any atom is -0.710 e. The summed E-state index contributed by atoms with van der Waals surface area (Å²) in [5.41, 5.74) is 13.3. The lowest BCUT2D eigenvalue weighted by Crippen LogP contribution is -2.36. The first-order chi connectivity index (χ1) is 5.57. The molecule has 0 radical (unpaired) electrons. The van der Waals surface area contributed by atoms with Crippen LogP contribution >= 0.6 is 0 Å². The fraction of sp³-hybridized carbons (Fsp3) is 0.375. The molecule has 0 aliphatic carbocycles. The number of nitrogen functional groups attached to an aromatic ring is 1. The van der Waals surface area contributed by atoms with E-state index >= 15 is 0 Å². The summed E-state index contributed by atoms with van der Waals surface area (Å²) >= 11 is 0. The summed E-state index contributed by atoms with van der Waals surface area (Å²) < 4.78 is 0.704. The molecule has 0 atom stereocenters. The number of anilines is 1. The highest BCUT2D eigenvalue weighted by Crippen LogP contribution is 2.12. The molecule has 4 nitrogen and oxygen atoms in total. The fourth-order valence-electron chi connectivity index (χ4n) is 1.24. The van der Waals surface area contributed by atoms with E-state index in [1.807, 2.05) is 6.92 Å². The maximum absolute atomic E-state index is 11.2.